The van der Waals surface area contributed by atoms with Crippen LogP contribution in [0.4, 0.5) is 10.1 Å². The van der Waals surface area contributed by atoms with E-state index in [9.17, 15) is 17.6 Å². The predicted molar refractivity (Wildman–Crippen MR) is 60.8 cm³/mol. The van der Waals surface area contributed by atoms with Crippen molar-refractivity contribution in [1.29, 1.82) is 0 Å². The molecule has 0 fully saturated rings. The number of sulfonamides is 1. The van der Waals surface area contributed by atoms with Crippen LogP contribution in [0.1, 0.15) is 12.0 Å². The van der Waals surface area contributed by atoms with E-state index < -0.39 is 34.0 Å². The van der Waals surface area contributed by atoms with Crippen molar-refractivity contribution < 1.29 is 22.7 Å². The van der Waals surface area contributed by atoms with E-state index in [1.54, 1.807) is 6.92 Å². The summed E-state index contributed by atoms with van der Waals surface area (Å²) < 4.78 is 38.1. The quantitative estimate of drug-likeness (QED) is 0.838. The number of benzene rings is 1. The van der Waals surface area contributed by atoms with Gasteiger partial charge in [0, 0.05) is 0 Å². The zero-order valence-electron chi connectivity index (χ0n) is 9.10. The van der Waals surface area contributed by atoms with Crippen molar-refractivity contribution in [3.05, 3.63) is 29.6 Å². The van der Waals surface area contributed by atoms with Crippen LogP contribution in [0, 0.1) is 12.7 Å². The Kier molecular flexibility index (Phi) is 4.06. The number of nitrogens with one attached hydrogen (secondary N) is 1. The van der Waals surface area contributed by atoms with E-state index in [4.69, 9.17) is 5.11 Å². The molecule has 0 aromatic heterocycles. The number of carboxylic acid groups (broad SMARTS) is 1. The molecule has 0 unspecified atom stereocenters. The zero-order chi connectivity index (χ0) is 13.1. The maximum atomic E-state index is 13.1. The van der Waals surface area contributed by atoms with Crippen LogP contribution in [-0.2, 0) is 14.8 Å². The Morgan fingerprint density at radius 1 is 1.47 bits per heavy atom. The Morgan fingerprint density at radius 2 is 2.12 bits per heavy atom. The number of aliphatic carboxylic acids is 1. The van der Waals surface area contributed by atoms with Crippen LogP contribution in [0.5, 0.6) is 0 Å². The summed E-state index contributed by atoms with van der Waals surface area (Å²) in [6, 6.07) is 3.90. The Balaban J connectivity index is 2.76. The fraction of sp³-hybridized carbons (Fsp3) is 0.300. The van der Waals surface area contributed by atoms with Crippen LogP contribution in [0.25, 0.3) is 0 Å². The van der Waals surface area contributed by atoms with Crippen molar-refractivity contribution in [2.24, 2.45) is 0 Å². The third-order valence-electron chi connectivity index (χ3n) is 2.03. The summed E-state index contributed by atoms with van der Waals surface area (Å²) in [5, 5.41) is 8.37. The maximum Gasteiger partial charge on any atom is 0.304 e. The summed E-state index contributed by atoms with van der Waals surface area (Å²) in [5.74, 6) is -2.27. The third kappa shape index (κ3) is 4.39. The molecule has 5 nitrogen and oxygen atoms in total. The molecule has 1 aromatic carbocycles. The minimum atomic E-state index is -3.76. The van der Waals surface area contributed by atoms with Gasteiger partial charge >= 0.3 is 5.97 Å². The summed E-state index contributed by atoms with van der Waals surface area (Å²) in [6.07, 6.45) is -0.496. The van der Waals surface area contributed by atoms with E-state index in [2.05, 4.69) is 4.72 Å². The summed E-state index contributed by atoms with van der Waals surface area (Å²) >= 11 is 0. The molecule has 0 aliphatic carbocycles. The second kappa shape index (κ2) is 5.13. The normalized spacial score (nSPS) is 11.2. The van der Waals surface area contributed by atoms with Crippen molar-refractivity contribution in [1.82, 2.24) is 0 Å². The lowest BCUT2D eigenvalue weighted by Gasteiger charge is -2.07. The number of hydrogen-bond donors (Lipinski definition) is 2. The Labute approximate surface area is 98.3 Å². The Bertz CT molecular complexity index is 527. The van der Waals surface area contributed by atoms with Gasteiger partial charge in [-0.2, -0.15) is 0 Å². The lowest BCUT2D eigenvalue weighted by molar-refractivity contribution is -0.136. The standard InChI is InChI=1S/C10H12FNO4S/c1-7-2-3-8(6-9(7)11)12-17(15,16)5-4-10(13)14/h2-3,6,12H,4-5H2,1H3,(H,13,14). The highest BCUT2D eigenvalue weighted by atomic mass is 32.2. The molecule has 0 spiro atoms. The molecular weight excluding hydrogens is 249 g/mol. The molecule has 0 saturated carbocycles. The average molecular weight is 261 g/mol. The van der Waals surface area contributed by atoms with E-state index in [-0.39, 0.29) is 5.69 Å². The highest BCUT2D eigenvalue weighted by molar-refractivity contribution is 7.92. The van der Waals surface area contributed by atoms with Crippen molar-refractivity contribution in [2.45, 2.75) is 13.3 Å². The molecular formula is C10H12FNO4S. The number of halogens is 1. The van der Waals surface area contributed by atoms with E-state index in [1.807, 2.05) is 0 Å². The lowest BCUT2D eigenvalue weighted by Crippen LogP contribution is -2.19. The summed E-state index contributed by atoms with van der Waals surface area (Å²) in [7, 11) is -3.76. The number of carboxylic acids is 1. The number of hydrogen-bond acceptors (Lipinski definition) is 3. The molecule has 0 heterocycles. The SMILES string of the molecule is Cc1ccc(NS(=O)(=O)CCC(=O)O)cc1F. The van der Waals surface area contributed by atoms with Crippen molar-refractivity contribution in [2.75, 3.05) is 10.5 Å². The fourth-order valence-electron chi connectivity index (χ4n) is 1.11. The van der Waals surface area contributed by atoms with Gasteiger partial charge in [-0.15, -0.1) is 0 Å². The molecule has 0 aliphatic heterocycles. The average Bonchev–Trinajstić information content (AvgIpc) is 2.21. The molecule has 0 aliphatic rings. The van der Waals surface area contributed by atoms with E-state index in [0.717, 1.165) is 6.07 Å². The molecule has 1 rings (SSSR count). The van der Waals surface area contributed by atoms with Gasteiger partial charge in [-0.25, -0.2) is 12.8 Å². The second-order valence-corrected chi connectivity index (χ2v) is 5.37. The predicted octanol–water partition coefficient (Wildman–Crippen LogP) is 1.35. The van der Waals surface area contributed by atoms with Gasteiger partial charge in [0.1, 0.15) is 5.82 Å². The molecule has 0 amide bonds. The second-order valence-electron chi connectivity index (χ2n) is 3.53. The smallest absolute Gasteiger partial charge is 0.304 e. The van der Waals surface area contributed by atoms with E-state index >= 15 is 0 Å². The summed E-state index contributed by atoms with van der Waals surface area (Å²) in [6.45, 7) is 1.55. The topological polar surface area (TPSA) is 83.5 Å². The van der Waals surface area contributed by atoms with Crippen LogP contribution < -0.4 is 4.72 Å². The molecule has 94 valence electrons. The highest BCUT2D eigenvalue weighted by Gasteiger charge is 2.13. The first-order valence-electron chi connectivity index (χ1n) is 4.78. The number of anilines is 1. The van der Waals surface area contributed by atoms with Crippen molar-refractivity contribution in [3.63, 3.8) is 0 Å². The molecule has 2 N–H and O–H groups in total. The van der Waals surface area contributed by atoms with Crippen LogP contribution in [0.2, 0.25) is 0 Å². The first-order valence-corrected chi connectivity index (χ1v) is 6.44. The number of rotatable bonds is 5. The van der Waals surface area contributed by atoms with Gasteiger partial charge in [-0.3, -0.25) is 9.52 Å². The van der Waals surface area contributed by atoms with Gasteiger partial charge in [0.25, 0.3) is 0 Å². The number of carbonyl (C=O) groups is 1. The largest absolute Gasteiger partial charge is 0.481 e. The molecule has 0 radical (unpaired) electrons. The van der Waals surface area contributed by atoms with Gasteiger partial charge in [-0.05, 0) is 24.6 Å². The number of aryl methyl sites for hydroxylation is 1. The van der Waals surface area contributed by atoms with Gasteiger partial charge < -0.3 is 5.11 Å². The van der Waals surface area contributed by atoms with Gasteiger partial charge in [0.2, 0.25) is 10.0 Å². The summed E-state index contributed by atoms with van der Waals surface area (Å²) in [5.41, 5.74) is 0.483. The minimum absolute atomic E-state index is 0.0819. The zero-order valence-corrected chi connectivity index (χ0v) is 9.92. The van der Waals surface area contributed by atoms with Gasteiger partial charge in [0.05, 0.1) is 17.9 Å². The lowest BCUT2D eigenvalue weighted by atomic mass is 10.2. The van der Waals surface area contributed by atoms with Gasteiger partial charge in [0.15, 0.2) is 0 Å². The molecule has 17 heavy (non-hydrogen) atoms. The first-order chi connectivity index (χ1) is 7.80. The van der Waals surface area contributed by atoms with Crippen LogP contribution >= 0.6 is 0 Å². The van der Waals surface area contributed by atoms with Gasteiger partial charge in [-0.1, -0.05) is 6.07 Å². The first kappa shape index (κ1) is 13.4. The molecule has 0 saturated heterocycles. The monoisotopic (exact) mass is 261 g/mol. The molecule has 7 heteroatoms. The highest BCUT2D eigenvalue weighted by Crippen LogP contribution is 2.15. The maximum absolute atomic E-state index is 13.1. The minimum Gasteiger partial charge on any atom is -0.481 e. The van der Waals surface area contributed by atoms with Crippen molar-refractivity contribution >= 4 is 21.7 Å². The molecule has 0 atom stereocenters. The molecule has 0 bridgehead atoms. The summed E-state index contributed by atoms with van der Waals surface area (Å²) in [4.78, 5) is 10.2. The molecule has 1 aromatic rings. The van der Waals surface area contributed by atoms with Crippen LogP contribution in [-0.4, -0.2) is 25.2 Å². The van der Waals surface area contributed by atoms with Crippen molar-refractivity contribution in [3.8, 4) is 0 Å². The van der Waals surface area contributed by atoms with E-state index in [0.29, 0.717) is 5.56 Å². The Hall–Kier alpha value is -1.63. The van der Waals surface area contributed by atoms with E-state index in [1.165, 1.54) is 12.1 Å². The van der Waals surface area contributed by atoms with Crippen LogP contribution in [0.15, 0.2) is 18.2 Å². The third-order valence-corrected chi connectivity index (χ3v) is 3.32. The fourth-order valence-corrected chi connectivity index (χ4v) is 2.14. The van der Waals surface area contributed by atoms with Crippen LogP contribution in [0.3, 0.4) is 0 Å². The Morgan fingerprint density at radius 3 is 2.65 bits per heavy atom.